The van der Waals surface area contributed by atoms with Crippen molar-refractivity contribution in [2.45, 2.75) is 13.8 Å². The van der Waals surface area contributed by atoms with E-state index in [4.69, 9.17) is 7.58 Å². The van der Waals surface area contributed by atoms with Crippen LogP contribution in [0, 0.1) is 13.8 Å². The molecule has 0 spiro atoms. The largest absolute Gasteiger partial charge is 0.881 e. The number of benzene rings is 3. The van der Waals surface area contributed by atoms with Gasteiger partial charge in [-0.2, -0.15) is 0 Å². The molecule has 27 heavy (non-hydrogen) atoms. The van der Waals surface area contributed by atoms with Crippen molar-refractivity contribution in [3.63, 3.8) is 0 Å². The Hall–Kier alpha value is -2.80. The number of rotatable bonds is 5. The van der Waals surface area contributed by atoms with E-state index in [9.17, 15) is 0 Å². The van der Waals surface area contributed by atoms with E-state index in [1.165, 1.54) is 16.7 Å². The molecule has 1 radical (unpaired) electrons. The molecule has 4 rings (SSSR count). The van der Waals surface area contributed by atoms with Crippen molar-refractivity contribution in [2.24, 2.45) is 0 Å². The van der Waals surface area contributed by atoms with Gasteiger partial charge in [-0.25, -0.2) is 4.98 Å². The van der Waals surface area contributed by atoms with Crippen LogP contribution in [0.3, 0.4) is 0 Å². The summed E-state index contributed by atoms with van der Waals surface area (Å²) in [5, 5.41) is 1.07. The zero-order chi connectivity index (χ0) is 18.6. The average molecular weight is 368 g/mol. The van der Waals surface area contributed by atoms with Crippen LogP contribution in [0.15, 0.2) is 78.9 Å². The van der Waals surface area contributed by atoms with E-state index in [1.807, 2.05) is 43.3 Å². The average Bonchev–Trinajstić information content (AvgIpc) is 2.69. The summed E-state index contributed by atoms with van der Waals surface area (Å²) in [4.78, 5) is 4.59. The molecule has 1 aromatic heterocycles. The molecule has 0 saturated heterocycles. The smallest absolute Gasteiger partial charge is 0.616 e. The summed E-state index contributed by atoms with van der Waals surface area (Å²) in [6.45, 7) is 4.08. The zero-order valence-corrected chi connectivity index (χ0v) is 16.5. The zero-order valence-electron chi connectivity index (χ0n) is 15.3. The summed E-state index contributed by atoms with van der Waals surface area (Å²) in [6, 6.07) is 26.6. The summed E-state index contributed by atoms with van der Waals surface area (Å²) in [6.07, 6.45) is 0. The van der Waals surface area contributed by atoms with Gasteiger partial charge in [0.2, 0.25) is 0 Å². The molecule has 3 aromatic carbocycles. The lowest BCUT2D eigenvalue weighted by Crippen LogP contribution is -2.11. The third-order valence-corrected chi connectivity index (χ3v) is 5.18. The van der Waals surface area contributed by atoms with Gasteiger partial charge in [-0.15, -0.1) is 0 Å². The lowest BCUT2D eigenvalue weighted by atomic mass is 10.0. The molecular formula is C23H19AlNO2. The highest BCUT2D eigenvalue weighted by Crippen LogP contribution is 2.27. The minimum absolute atomic E-state index is 0.675. The van der Waals surface area contributed by atoms with Crippen LogP contribution in [0.1, 0.15) is 11.3 Å². The van der Waals surface area contributed by atoms with Crippen molar-refractivity contribution < 1.29 is 7.58 Å². The minimum Gasteiger partial charge on any atom is -0.616 e. The van der Waals surface area contributed by atoms with Gasteiger partial charge in [0.1, 0.15) is 11.3 Å². The number of hydrogen-bond acceptors (Lipinski definition) is 3. The molecular weight excluding hydrogens is 349 g/mol. The quantitative estimate of drug-likeness (QED) is 0.435. The molecule has 0 aliphatic carbocycles. The van der Waals surface area contributed by atoms with E-state index in [-0.39, 0.29) is 0 Å². The Morgan fingerprint density at radius 3 is 2.44 bits per heavy atom. The third-order valence-electron chi connectivity index (χ3n) is 4.46. The van der Waals surface area contributed by atoms with Gasteiger partial charge < -0.3 is 7.58 Å². The summed E-state index contributed by atoms with van der Waals surface area (Å²) in [5.74, 6) is 1.59. The minimum atomic E-state index is -0.675. The van der Waals surface area contributed by atoms with E-state index < -0.39 is 15.9 Å². The van der Waals surface area contributed by atoms with E-state index in [2.05, 4.69) is 54.4 Å². The van der Waals surface area contributed by atoms with Crippen LogP contribution >= 0.6 is 0 Å². The van der Waals surface area contributed by atoms with Gasteiger partial charge in [-0.3, -0.25) is 0 Å². The second kappa shape index (κ2) is 7.84. The highest BCUT2D eigenvalue weighted by Gasteiger charge is 2.11. The molecule has 0 atom stereocenters. The van der Waals surface area contributed by atoms with Crippen LogP contribution < -0.4 is 7.58 Å². The fourth-order valence-electron chi connectivity index (χ4n) is 3.10. The standard InChI is InChI=1S/C13H12O.C10H9NO.Al/c1-10-9-12(14)7-8-13(10)11-5-3-2-4-6-11;1-7-5-6-8-3-2-4-9(12)10(8)11-7;/h2-9,14H,1H3;2-6,12H,1H3;/q;;+2/p-2. The Morgan fingerprint density at radius 1 is 0.778 bits per heavy atom. The van der Waals surface area contributed by atoms with Gasteiger partial charge in [-0.1, -0.05) is 54.6 Å². The predicted molar refractivity (Wildman–Crippen MR) is 110 cm³/mol. The fourth-order valence-corrected chi connectivity index (χ4v) is 3.69. The first-order valence-corrected chi connectivity index (χ1v) is 9.82. The number of para-hydroxylation sites is 1. The molecule has 1 heterocycles. The Bertz CT molecular complexity index is 1080. The van der Waals surface area contributed by atoms with Crippen LogP contribution in [-0.2, 0) is 0 Å². The highest BCUT2D eigenvalue weighted by atomic mass is 27.2. The van der Waals surface area contributed by atoms with Crippen molar-refractivity contribution in [3.05, 3.63) is 90.1 Å². The Kier molecular flexibility index (Phi) is 5.11. The normalized spacial score (nSPS) is 10.6. The molecule has 0 N–H and O–H groups in total. The number of fused-ring (bicyclic) bond motifs is 1. The summed E-state index contributed by atoms with van der Waals surface area (Å²) in [5.41, 5.74) is 5.46. The first-order valence-electron chi connectivity index (χ1n) is 8.88. The molecule has 4 aromatic rings. The SMILES string of the molecule is Cc1ccc2cccc([O][Al][O]c3ccc(-c4ccccc4)c(C)c3)c2n1. The van der Waals surface area contributed by atoms with Crippen LogP contribution in [0.5, 0.6) is 11.5 Å². The topological polar surface area (TPSA) is 31.4 Å². The van der Waals surface area contributed by atoms with Gasteiger partial charge in [-0.05, 0) is 54.8 Å². The van der Waals surface area contributed by atoms with Crippen molar-refractivity contribution in [1.29, 1.82) is 0 Å². The molecule has 0 amide bonds. The number of aromatic nitrogens is 1. The van der Waals surface area contributed by atoms with E-state index in [1.54, 1.807) is 0 Å². The number of aryl methyl sites for hydroxylation is 2. The number of hydrogen-bond donors (Lipinski definition) is 0. The number of nitrogens with zero attached hydrogens (tertiary/aromatic N) is 1. The second-order valence-electron chi connectivity index (χ2n) is 6.46. The number of pyridine rings is 1. The lowest BCUT2D eigenvalue weighted by molar-refractivity contribution is 0.461. The van der Waals surface area contributed by atoms with Crippen molar-refractivity contribution >= 4 is 26.8 Å². The summed E-state index contributed by atoms with van der Waals surface area (Å²) >= 11 is -0.675. The van der Waals surface area contributed by atoms with Gasteiger partial charge in [0.25, 0.3) is 0 Å². The van der Waals surface area contributed by atoms with Crippen molar-refractivity contribution in [2.75, 3.05) is 0 Å². The van der Waals surface area contributed by atoms with Gasteiger partial charge in [0.15, 0.2) is 0 Å². The molecule has 3 nitrogen and oxygen atoms in total. The van der Waals surface area contributed by atoms with Crippen LogP contribution in [0.2, 0.25) is 0 Å². The molecule has 131 valence electrons. The van der Waals surface area contributed by atoms with Crippen LogP contribution in [-0.4, -0.2) is 20.9 Å². The van der Waals surface area contributed by atoms with Crippen LogP contribution in [0.4, 0.5) is 0 Å². The second-order valence-corrected chi connectivity index (χ2v) is 7.12. The monoisotopic (exact) mass is 368 g/mol. The van der Waals surface area contributed by atoms with Gasteiger partial charge in [0.05, 0.1) is 5.75 Å². The summed E-state index contributed by atoms with van der Waals surface area (Å²) < 4.78 is 11.8. The maximum Gasteiger partial charge on any atom is 0.881 e. The predicted octanol–water partition coefficient (Wildman–Crippen LogP) is 5.51. The Balaban J connectivity index is 1.47. The molecule has 0 aliphatic heterocycles. The maximum atomic E-state index is 5.93. The molecule has 0 fully saturated rings. The summed E-state index contributed by atoms with van der Waals surface area (Å²) in [7, 11) is 0. The van der Waals surface area contributed by atoms with E-state index >= 15 is 0 Å². The van der Waals surface area contributed by atoms with Gasteiger partial charge in [0, 0.05) is 11.1 Å². The molecule has 4 heteroatoms. The molecule has 0 bridgehead atoms. The van der Waals surface area contributed by atoms with Gasteiger partial charge >= 0.3 is 15.9 Å². The van der Waals surface area contributed by atoms with E-state index in [0.29, 0.717) is 0 Å². The lowest BCUT2D eigenvalue weighted by Gasteiger charge is -2.12. The first kappa shape index (κ1) is 17.6. The van der Waals surface area contributed by atoms with Crippen molar-refractivity contribution in [1.82, 2.24) is 4.98 Å². The Morgan fingerprint density at radius 2 is 1.63 bits per heavy atom. The molecule has 0 saturated carbocycles. The van der Waals surface area contributed by atoms with Crippen LogP contribution in [0.25, 0.3) is 22.0 Å². The Labute approximate surface area is 166 Å². The fraction of sp³-hybridized carbons (Fsp3) is 0.0870. The van der Waals surface area contributed by atoms with Crippen molar-refractivity contribution in [3.8, 4) is 22.6 Å². The highest BCUT2D eigenvalue weighted by molar-refractivity contribution is 6.21. The molecule has 0 aliphatic rings. The first-order chi connectivity index (χ1) is 13.2. The third kappa shape index (κ3) is 3.98. The van der Waals surface area contributed by atoms with E-state index in [0.717, 1.165) is 28.1 Å². The molecule has 0 unspecified atom stereocenters. The maximum absolute atomic E-state index is 5.93.